The molecule has 0 spiro atoms. The van der Waals surface area contributed by atoms with E-state index in [2.05, 4.69) is 10.2 Å². The fourth-order valence-electron chi connectivity index (χ4n) is 2.54. The molecule has 0 saturated carbocycles. The number of rotatable bonds is 7. The van der Waals surface area contributed by atoms with Crippen molar-refractivity contribution in [1.82, 2.24) is 10.2 Å². The summed E-state index contributed by atoms with van der Waals surface area (Å²) in [4.78, 5) is 10.4. The summed E-state index contributed by atoms with van der Waals surface area (Å²) in [6.07, 6.45) is 3.36. The van der Waals surface area contributed by atoms with Crippen molar-refractivity contribution in [2.75, 3.05) is 21.3 Å². The minimum absolute atomic E-state index is 0.0507. The normalized spacial score (nSPS) is 10.8. The lowest BCUT2D eigenvalue weighted by atomic mass is 10.1. The first-order chi connectivity index (χ1) is 13.5. The first-order valence-corrected chi connectivity index (χ1v) is 8.12. The third kappa shape index (κ3) is 3.93. The molecule has 1 aromatic heterocycles. The molecule has 0 saturated heterocycles. The zero-order chi connectivity index (χ0) is 20.1. The number of methoxy groups -OCH3 is 3. The maximum absolute atomic E-state index is 10.9. The second kappa shape index (κ2) is 8.21. The van der Waals surface area contributed by atoms with E-state index in [1.165, 1.54) is 33.5 Å². The van der Waals surface area contributed by atoms with Gasteiger partial charge in [-0.1, -0.05) is 6.07 Å². The Bertz CT molecular complexity index is 1000. The number of aromatic nitrogens is 2. The molecule has 0 atom stereocenters. The molecule has 0 fully saturated rings. The number of nitrogens with zero attached hydrogens (tertiary/aromatic N) is 3. The lowest BCUT2D eigenvalue weighted by Crippen LogP contribution is -1.95. The van der Waals surface area contributed by atoms with Crippen LogP contribution in [0.4, 0.5) is 5.69 Å². The number of hydrogen-bond acceptors (Lipinski definition) is 8. The van der Waals surface area contributed by atoms with Gasteiger partial charge in [0.05, 0.1) is 26.3 Å². The van der Waals surface area contributed by atoms with Crippen LogP contribution in [0.25, 0.3) is 23.6 Å². The van der Waals surface area contributed by atoms with Crippen molar-refractivity contribution in [1.29, 1.82) is 0 Å². The molecule has 2 aromatic carbocycles. The molecule has 0 amide bonds. The Kier molecular flexibility index (Phi) is 5.54. The van der Waals surface area contributed by atoms with Crippen LogP contribution in [0.1, 0.15) is 11.5 Å². The summed E-state index contributed by atoms with van der Waals surface area (Å²) in [5.74, 6) is 1.96. The van der Waals surface area contributed by atoms with Crippen LogP contribution in [-0.2, 0) is 0 Å². The first kappa shape index (κ1) is 18.9. The van der Waals surface area contributed by atoms with Gasteiger partial charge in [0.15, 0.2) is 11.5 Å². The van der Waals surface area contributed by atoms with Crippen molar-refractivity contribution in [3.05, 3.63) is 58.0 Å². The number of non-ortho nitro benzene ring substituents is 1. The molecule has 0 radical (unpaired) electrons. The highest BCUT2D eigenvalue weighted by Gasteiger charge is 2.13. The molecule has 0 aliphatic rings. The number of nitro groups is 1. The Hall–Kier alpha value is -3.88. The van der Waals surface area contributed by atoms with E-state index in [4.69, 9.17) is 18.6 Å². The van der Waals surface area contributed by atoms with E-state index in [1.807, 2.05) is 0 Å². The lowest BCUT2D eigenvalue weighted by molar-refractivity contribution is -0.384. The van der Waals surface area contributed by atoms with E-state index in [0.29, 0.717) is 22.8 Å². The monoisotopic (exact) mass is 383 g/mol. The summed E-state index contributed by atoms with van der Waals surface area (Å²) < 4.78 is 21.5. The molecule has 144 valence electrons. The van der Waals surface area contributed by atoms with Gasteiger partial charge in [-0.15, -0.1) is 10.2 Å². The van der Waals surface area contributed by atoms with Crippen LogP contribution in [0.2, 0.25) is 0 Å². The fraction of sp³-hybridized carbons (Fsp3) is 0.158. The predicted octanol–water partition coefficient (Wildman–Crippen LogP) is 3.84. The van der Waals surface area contributed by atoms with Gasteiger partial charge in [0.25, 0.3) is 5.69 Å². The highest BCUT2D eigenvalue weighted by molar-refractivity contribution is 5.70. The molecule has 0 aliphatic heterocycles. The third-order valence-corrected chi connectivity index (χ3v) is 3.85. The zero-order valence-corrected chi connectivity index (χ0v) is 15.4. The molecule has 3 aromatic rings. The number of hydrogen-bond donors (Lipinski definition) is 0. The Balaban J connectivity index is 1.86. The minimum atomic E-state index is -0.481. The summed E-state index contributed by atoms with van der Waals surface area (Å²) in [6, 6.07) is 9.53. The summed E-state index contributed by atoms with van der Waals surface area (Å²) >= 11 is 0. The Morgan fingerprint density at radius 1 is 1.00 bits per heavy atom. The Morgan fingerprint density at radius 2 is 1.71 bits per heavy atom. The molecule has 9 nitrogen and oxygen atoms in total. The van der Waals surface area contributed by atoms with Gasteiger partial charge in [-0.25, -0.2) is 0 Å². The van der Waals surface area contributed by atoms with Crippen LogP contribution in [0, 0.1) is 10.1 Å². The van der Waals surface area contributed by atoms with Gasteiger partial charge in [-0.2, -0.15) is 0 Å². The summed E-state index contributed by atoms with van der Waals surface area (Å²) in [5, 5.41) is 18.8. The van der Waals surface area contributed by atoms with Crippen molar-refractivity contribution >= 4 is 17.8 Å². The van der Waals surface area contributed by atoms with E-state index < -0.39 is 4.92 Å². The molecule has 9 heteroatoms. The number of nitro benzene ring substituents is 1. The minimum Gasteiger partial charge on any atom is -0.493 e. The second-order valence-corrected chi connectivity index (χ2v) is 5.54. The zero-order valence-electron chi connectivity index (χ0n) is 15.4. The molecule has 3 rings (SSSR count). The fourth-order valence-corrected chi connectivity index (χ4v) is 2.54. The van der Waals surface area contributed by atoms with Gasteiger partial charge in [0.1, 0.15) is 0 Å². The Morgan fingerprint density at radius 3 is 2.32 bits per heavy atom. The van der Waals surface area contributed by atoms with Gasteiger partial charge >= 0.3 is 0 Å². The summed E-state index contributed by atoms with van der Waals surface area (Å²) in [7, 11) is 4.60. The smallest absolute Gasteiger partial charge is 0.270 e. The van der Waals surface area contributed by atoms with Crippen LogP contribution in [0.3, 0.4) is 0 Å². The van der Waals surface area contributed by atoms with Crippen molar-refractivity contribution in [3.8, 4) is 28.7 Å². The highest BCUT2D eigenvalue weighted by Crippen LogP contribution is 2.38. The van der Waals surface area contributed by atoms with E-state index in [-0.39, 0.29) is 17.5 Å². The molecule has 0 aliphatic carbocycles. The molecule has 0 N–H and O–H groups in total. The topological polar surface area (TPSA) is 110 Å². The van der Waals surface area contributed by atoms with Gasteiger partial charge in [-0.3, -0.25) is 10.1 Å². The largest absolute Gasteiger partial charge is 0.493 e. The first-order valence-electron chi connectivity index (χ1n) is 8.12. The van der Waals surface area contributed by atoms with Crippen molar-refractivity contribution in [3.63, 3.8) is 0 Å². The summed E-state index contributed by atoms with van der Waals surface area (Å²) in [6.45, 7) is 0. The molecule has 28 heavy (non-hydrogen) atoms. The third-order valence-electron chi connectivity index (χ3n) is 3.85. The number of benzene rings is 2. The van der Waals surface area contributed by atoms with Crippen molar-refractivity contribution < 1.29 is 23.6 Å². The lowest BCUT2D eigenvalue weighted by Gasteiger charge is -2.12. The maximum atomic E-state index is 10.9. The highest BCUT2D eigenvalue weighted by atomic mass is 16.6. The van der Waals surface area contributed by atoms with Crippen LogP contribution in [0.5, 0.6) is 17.2 Å². The second-order valence-electron chi connectivity index (χ2n) is 5.54. The van der Waals surface area contributed by atoms with Gasteiger partial charge in [-0.05, 0) is 29.8 Å². The van der Waals surface area contributed by atoms with Crippen LogP contribution in [-0.4, -0.2) is 36.5 Å². The molecular weight excluding hydrogens is 366 g/mol. The van der Waals surface area contributed by atoms with Gasteiger partial charge in [0, 0.05) is 23.8 Å². The van der Waals surface area contributed by atoms with E-state index in [0.717, 1.165) is 5.56 Å². The van der Waals surface area contributed by atoms with Crippen molar-refractivity contribution in [2.45, 2.75) is 0 Å². The SMILES string of the molecule is COc1cc(/C=C/c2nnc(-c3cccc([N+](=O)[O-])c3)o2)cc(OC)c1OC. The molecular formula is C19H17N3O6. The van der Waals surface area contributed by atoms with E-state index in [1.54, 1.807) is 36.4 Å². The predicted molar refractivity (Wildman–Crippen MR) is 101 cm³/mol. The van der Waals surface area contributed by atoms with E-state index in [9.17, 15) is 10.1 Å². The van der Waals surface area contributed by atoms with Gasteiger partial charge < -0.3 is 18.6 Å². The standard InChI is InChI=1S/C19H17N3O6/c1-25-15-9-12(10-16(26-2)18(15)27-3)7-8-17-20-21-19(28-17)13-5-4-6-14(11-13)22(23)24/h4-11H,1-3H3/b8-7+. The van der Waals surface area contributed by atoms with Crippen LogP contribution in [0.15, 0.2) is 40.8 Å². The van der Waals surface area contributed by atoms with Crippen LogP contribution >= 0.6 is 0 Å². The quantitative estimate of drug-likeness (QED) is 0.447. The molecule has 0 unspecified atom stereocenters. The maximum Gasteiger partial charge on any atom is 0.270 e. The average molecular weight is 383 g/mol. The molecule has 0 bridgehead atoms. The Labute approximate surface area is 160 Å². The summed E-state index contributed by atoms with van der Waals surface area (Å²) in [5.41, 5.74) is 1.18. The average Bonchev–Trinajstić information content (AvgIpc) is 3.20. The van der Waals surface area contributed by atoms with Crippen LogP contribution < -0.4 is 14.2 Å². The van der Waals surface area contributed by atoms with Crippen molar-refractivity contribution in [2.24, 2.45) is 0 Å². The van der Waals surface area contributed by atoms with E-state index >= 15 is 0 Å². The molecule has 1 heterocycles. The van der Waals surface area contributed by atoms with Gasteiger partial charge in [0.2, 0.25) is 17.5 Å². The number of ether oxygens (including phenoxy) is 3.